The molecule has 0 bridgehead atoms. The third-order valence-corrected chi connectivity index (χ3v) is 2.77. The first-order chi connectivity index (χ1) is 8.76. The molecule has 1 aromatic rings. The topological polar surface area (TPSA) is 0 Å². The van der Waals surface area contributed by atoms with E-state index in [-0.39, 0.29) is 0 Å². The number of benzene rings is 1. The summed E-state index contributed by atoms with van der Waals surface area (Å²) in [5, 5.41) is 0. The minimum absolute atomic E-state index is 1.13. The van der Waals surface area contributed by atoms with Crippen LogP contribution in [0.15, 0.2) is 73.9 Å². The molecule has 0 heterocycles. The fraction of sp³-hybridized carbons (Fsp3) is 0.111. The average Bonchev–Trinajstić information content (AvgIpc) is 2.42. The normalized spacial score (nSPS) is 12.8. The van der Waals surface area contributed by atoms with Gasteiger partial charge in [0.2, 0.25) is 0 Å². The number of rotatable bonds is 5. The molecule has 0 spiro atoms. The highest BCUT2D eigenvalue weighted by atomic mass is 14.0. The maximum Gasteiger partial charge on any atom is -0.0184 e. The van der Waals surface area contributed by atoms with Gasteiger partial charge in [0, 0.05) is 0 Å². The van der Waals surface area contributed by atoms with Crippen molar-refractivity contribution in [2.24, 2.45) is 0 Å². The van der Waals surface area contributed by atoms with Gasteiger partial charge in [-0.3, -0.25) is 0 Å². The van der Waals surface area contributed by atoms with Crippen LogP contribution >= 0.6 is 0 Å². The Hall–Kier alpha value is -2.08. The fourth-order valence-electron chi connectivity index (χ4n) is 1.74. The van der Waals surface area contributed by atoms with Crippen LogP contribution in [0.1, 0.15) is 25.0 Å². The van der Waals surface area contributed by atoms with Crippen molar-refractivity contribution >= 4 is 11.1 Å². The van der Waals surface area contributed by atoms with E-state index in [1.54, 1.807) is 0 Å². The van der Waals surface area contributed by atoms with Crippen molar-refractivity contribution in [1.29, 1.82) is 0 Å². The van der Waals surface area contributed by atoms with E-state index in [0.717, 1.165) is 11.1 Å². The first kappa shape index (κ1) is 14.0. The zero-order valence-electron chi connectivity index (χ0n) is 11.2. The molecular weight excluding hydrogens is 216 g/mol. The molecule has 0 aliphatic carbocycles. The van der Waals surface area contributed by atoms with Gasteiger partial charge in [-0.15, -0.1) is 0 Å². The number of allylic oxidation sites excluding steroid dienone is 8. The van der Waals surface area contributed by atoms with Crippen molar-refractivity contribution in [2.75, 3.05) is 0 Å². The van der Waals surface area contributed by atoms with Crippen LogP contribution < -0.4 is 0 Å². The second kappa shape index (κ2) is 7.29. The van der Waals surface area contributed by atoms with E-state index in [2.05, 4.69) is 49.6 Å². The predicted molar refractivity (Wildman–Crippen MR) is 83.3 cm³/mol. The lowest BCUT2D eigenvalue weighted by Gasteiger charge is -2.05. The van der Waals surface area contributed by atoms with Gasteiger partial charge in [0.05, 0.1) is 0 Å². The standard InChI is InChI=1S/C18H20/c1-5-9-10-16(8-4)18-13-11-17(12-14-18)15(6-2)7-3/h5-14H,2,4H2,1,3H3/b9-5-,15-7+,16-10+. The highest BCUT2D eigenvalue weighted by Gasteiger charge is 1.99. The number of hydrogen-bond donors (Lipinski definition) is 0. The van der Waals surface area contributed by atoms with E-state index >= 15 is 0 Å². The maximum absolute atomic E-state index is 3.85. The summed E-state index contributed by atoms with van der Waals surface area (Å²) < 4.78 is 0. The molecule has 0 unspecified atom stereocenters. The van der Waals surface area contributed by atoms with Gasteiger partial charge in [0.15, 0.2) is 0 Å². The molecule has 0 N–H and O–H groups in total. The Morgan fingerprint density at radius 1 is 0.889 bits per heavy atom. The quantitative estimate of drug-likeness (QED) is 0.599. The van der Waals surface area contributed by atoms with E-state index in [4.69, 9.17) is 0 Å². The molecule has 92 valence electrons. The van der Waals surface area contributed by atoms with Crippen molar-refractivity contribution in [2.45, 2.75) is 13.8 Å². The molecule has 0 heteroatoms. The van der Waals surface area contributed by atoms with Gasteiger partial charge in [-0.1, -0.05) is 73.9 Å². The lowest BCUT2D eigenvalue weighted by atomic mass is 10.00. The Bertz CT molecular complexity index is 493. The SMILES string of the molecule is C=C/C(=C\C)c1ccc(/C(C=C)=C/C=C\C)cc1. The van der Waals surface area contributed by atoms with Crippen molar-refractivity contribution < 1.29 is 0 Å². The van der Waals surface area contributed by atoms with Crippen LogP contribution in [-0.4, -0.2) is 0 Å². The lowest BCUT2D eigenvalue weighted by molar-refractivity contribution is 1.55. The molecule has 1 aromatic carbocycles. The molecular formula is C18H20. The summed E-state index contributed by atoms with van der Waals surface area (Å²) in [6, 6.07) is 8.44. The van der Waals surface area contributed by atoms with E-state index < -0.39 is 0 Å². The summed E-state index contributed by atoms with van der Waals surface area (Å²) in [6.45, 7) is 11.7. The summed E-state index contributed by atoms with van der Waals surface area (Å²) in [5.74, 6) is 0. The summed E-state index contributed by atoms with van der Waals surface area (Å²) in [6.07, 6.45) is 11.9. The Morgan fingerprint density at radius 2 is 1.39 bits per heavy atom. The minimum Gasteiger partial charge on any atom is -0.0985 e. The zero-order valence-corrected chi connectivity index (χ0v) is 11.2. The van der Waals surface area contributed by atoms with Gasteiger partial charge in [0.25, 0.3) is 0 Å². The molecule has 0 atom stereocenters. The smallest absolute Gasteiger partial charge is 0.0184 e. The molecule has 0 amide bonds. The van der Waals surface area contributed by atoms with Gasteiger partial charge in [-0.25, -0.2) is 0 Å². The van der Waals surface area contributed by atoms with E-state index in [1.807, 2.05) is 38.2 Å². The lowest BCUT2D eigenvalue weighted by Crippen LogP contribution is -1.84. The Balaban J connectivity index is 3.08. The Morgan fingerprint density at radius 3 is 1.78 bits per heavy atom. The third-order valence-electron chi connectivity index (χ3n) is 2.77. The van der Waals surface area contributed by atoms with Crippen LogP contribution in [0.5, 0.6) is 0 Å². The van der Waals surface area contributed by atoms with E-state index in [1.165, 1.54) is 11.1 Å². The number of hydrogen-bond acceptors (Lipinski definition) is 0. The molecule has 0 saturated carbocycles. The van der Waals surface area contributed by atoms with Crippen molar-refractivity contribution in [3.05, 3.63) is 85.0 Å². The third kappa shape index (κ3) is 3.46. The first-order valence-corrected chi connectivity index (χ1v) is 6.11. The fourth-order valence-corrected chi connectivity index (χ4v) is 1.74. The van der Waals surface area contributed by atoms with Crippen LogP contribution in [0, 0.1) is 0 Å². The predicted octanol–water partition coefficient (Wildman–Crippen LogP) is 5.42. The molecule has 1 rings (SSSR count). The minimum atomic E-state index is 1.13. The van der Waals surface area contributed by atoms with E-state index in [0.29, 0.717) is 0 Å². The Labute approximate surface area is 110 Å². The van der Waals surface area contributed by atoms with Crippen LogP contribution in [0.4, 0.5) is 0 Å². The molecule has 0 radical (unpaired) electrons. The van der Waals surface area contributed by atoms with Gasteiger partial charge >= 0.3 is 0 Å². The molecule has 0 aromatic heterocycles. The van der Waals surface area contributed by atoms with Gasteiger partial charge in [-0.05, 0) is 36.1 Å². The monoisotopic (exact) mass is 236 g/mol. The Kier molecular flexibility index (Phi) is 5.66. The molecule has 0 nitrogen and oxygen atoms in total. The maximum atomic E-state index is 3.85. The van der Waals surface area contributed by atoms with Gasteiger partial charge < -0.3 is 0 Å². The van der Waals surface area contributed by atoms with Crippen LogP contribution in [0.25, 0.3) is 11.1 Å². The molecule has 0 aliphatic heterocycles. The average molecular weight is 236 g/mol. The molecule has 0 saturated heterocycles. The van der Waals surface area contributed by atoms with Crippen LogP contribution in [0.3, 0.4) is 0 Å². The van der Waals surface area contributed by atoms with Crippen LogP contribution in [-0.2, 0) is 0 Å². The first-order valence-electron chi connectivity index (χ1n) is 6.11. The van der Waals surface area contributed by atoms with Crippen molar-refractivity contribution in [3.8, 4) is 0 Å². The molecule has 18 heavy (non-hydrogen) atoms. The highest BCUT2D eigenvalue weighted by Crippen LogP contribution is 2.20. The highest BCUT2D eigenvalue weighted by molar-refractivity contribution is 5.78. The summed E-state index contributed by atoms with van der Waals surface area (Å²) in [4.78, 5) is 0. The van der Waals surface area contributed by atoms with Crippen molar-refractivity contribution in [3.63, 3.8) is 0 Å². The zero-order chi connectivity index (χ0) is 13.4. The van der Waals surface area contributed by atoms with Crippen molar-refractivity contribution in [1.82, 2.24) is 0 Å². The molecule has 0 fully saturated rings. The van der Waals surface area contributed by atoms with E-state index in [9.17, 15) is 0 Å². The summed E-state index contributed by atoms with van der Waals surface area (Å²) >= 11 is 0. The second-order valence-electron chi connectivity index (χ2n) is 3.88. The van der Waals surface area contributed by atoms with Gasteiger partial charge in [-0.2, -0.15) is 0 Å². The molecule has 0 aliphatic rings. The summed E-state index contributed by atoms with van der Waals surface area (Å²) in [7, 11) is 0. The second-order valence-corrected chi connectivity index (χ2v) is 3.88. The van der Waals surface area contributed by atoms with Crippen LogP contribution in [0.2, 0.25) is 0 Å². The summed E-state index contributed by atoms with van der Waals surface area (Å²) in [5.41, 5.74) is 4.64. The largest absolute Gasteiger partial charge is 0.0985 e. The van der Waals surface area contributed by atoms with Gasteiger partial charge in [0.1, 0.15) is 0 Å².